The number of hydrogen-bond donors (Lipinski definition) is 0. The molecule has 4 aromatic heterocycles. The van der Waals surface area contributed by atoms with E-state index in [1.807, 2.05) is 54.6 Å². The lowest BCUT2D eigenvalue weighted by molar-refractivity contribution is 1.15. The van der Waals surface area contributed by atoms with Crippen molar-refractivity contribution in [3.8, 4) is 67.8 Å². The van der Waals surface area contributed by atoms with Gasteiger partial charge in [0, 0.05) is 45.4 Å². The van der Waals surface area contributed by atoms with Gasteiger partial charge in [0.2, 0.25) is 0 Å². The van der Waals surface area contributed by atoms with Crippen LogP contribution in [-0.2, 0) is 0 Å². The third-order valence-corrected chi connectivity index (χ3v) is 8.82. The first-order valence-corrected chi connectivity index (χ1v) is 16.4. The summed E-state index contributed by atoms with van der Waals surface area (Å²) in [5.74, 6) is 1.31. The number of hydrogen-bond acceptors (Lipinski definition) is 6. The molecule has 0 aliphatic carbocycles. The van der Waals surface area contributed by atoms with Crippen molar-refractivity contribution in [2.45, 2.75) is 0 Å². The third kappa shape index (κ3) is 5.76. The van der Waals surface area contributed by atoms with Crippen molar-refractivity contribution >= 4 is 21.8 Å². The topological polar surface area (TPSA) is 77.3 Å². The molecule has 0 atom stereocenters. The largest absolute Gasteiger partial charge is 0.248 e. The van der Waals surface area contributed by atoms with Crippen LogP contribution in [0.3, 0.4) is 0 Å². The highest BCUT2D eigenvalue weighted by atomic mass is 14.9. The number of benzene rings is 5. The van der Waals surface area contributed by atoms with Gasteiger partial charge in [-0.2, -0.15) is 0 Å². The molecule has 9 rings (SSSR count). The van der Waals surface area contributed by atoms with E-state index in [1.54, 1.807) is 18.5 Å². The summed E-state index contributed by atoms with van der Waals surface area (Å²) in [6.45, 7) is 0. The quantitative estimate of drug-likeness (QED) is 0.180. The van der Waals surface area contributed by atoms with E-state index < -0.39 is 0 Å². The zero-order valence-electron chi connectivity index (χ0n) is 26.8. The van der Waals surface area contributed by atoms with Crippen LogP contribution in [-0.4, -0.2) is 29.9 Å². The molecule has 234 valence electrons. The molecule has 0 N–H and O–H groups in total. The normalized spacial score (nSPS) is 11.2. The van der Waals surface area contributed by atoms with Crippen LogP contribution in [0, 0.1) is 0 Å². The first-order valence-electron chi connectivity index (χ1n) is 16.4. The van der Waals surface area contributed by atoms with E-state index in [-0.39, 0.29) is 0 Å². The Morgan fingerprint density at radius 3 is 1.46 bits per heavy atom. The average Bonchev–Trinajstić information content (AvgIpc) is 3.21. The van der Waals surface area contributed by atoms with Gasteiger partial charge in [0.1, 0.15) is 5.69 Å². The smallest absolute Gasteiger partial charge is 0.178 e. The Morgan fingerprint density at radius 1 is 0.280 bits per heavy atom. The van der Waals surface area contributed by atoms with E-state index in [0.717, 1.165) is 78.0 Å². The minimum Gasteiger partial charge on any atom is -0.248 e. The maximum atomic E-state index is 5.09. The van der Waals surface area contributed by atoms with Gasteiger partial charge in [-0.3, -0.25) is 0 Å². The predicted molar refractivity (Wildman–Crippen MR) is 201 cm³/mol. The summed E-state index contributed by atoms with van der Waals surface area (Å²) >= 11 is 0. The van der Waals surface area contributed by atoms with Gasteiger partial charge in [-0.25, -0.2) is 29.9 Å². The second-order valence-corrected chi connectivity index (χ2v) is 12.1. The van der Waals surface area contributed by atoms with Crippen molar-refractivity contribution in [2.24, 2.45) is 0 Å². The Labute approximate surface area is 288 Å². The maximum Gasteiger partial charge on any atom is 0.178 e. The van der Waals surface area contributed by atoms with Crippen molar-refractivity contribution in [3.05, 3.63) is 170 Å². The highest BCUT2D eigenvalue weighted by Gasteiger charge is 2.12. The van der Waals surface area contributed by atoms with Gasteiger partial charge in [0.15, 0.2) is 11.6 Å². The predicted octanol–water partition coefficient (Wildman–Crippen LogP) is 10.4. The maximum absolute atomic E-state index is 5.09. The molecule has 50 heavy (non-hydrogen) atoms. The molecule has 6 heteroatoms. The molecule has 0 bridgehead atoms. The fourth-order valence-electron chi connectivity index (χ4n) is 6.19. The van der Waals surface area contributed by atoms with Gasteiger partial charge in [-0.15, -0.1) is 0 Å². The summed E-state index contributed by atoms with van der Waals surface area (Å²) in [6.07, 6.45) is 3.46. The van der Waals surface area contributed by atoms with E-state index in [2.05, 4.69) is 107 Å². The Balaban J connectivity index is 1.04. The van der Waals surface area contributed by atoms with Gasteiger partial charge in [0.25, 0.3) is 0 Å². The molecular formula is C44H28N6. The van der Waals surface area contributed by atoms with Crippen LogP contribution in [0.4, 0.5) is 0 Å². The van der Waals surface area contributed by atoms with Crippen LogP contribution in [0.25, 0.3) is 89.6 Å². The first-order chi connectivity index (χ1) is 24.7. The molecule has 4 heterocycles. The Morgan fingerprint density at radius 2 is 0.780 bits per heavy atom. The van der Waals surface area contributed by atoms with E-state index >= 15 is 0 Å². The Hall–Kier alpha value is -6.92. The van der Waals surface area contributed by atoms with E-state index in [4.69, 9.17) is 19.9 Å². The lowest BCUT2D eigenvalue weighted by Crippen LogP contribution is -1.95. The van der Waals surface area contributed by atoms with E-state index in [0.29, 0.717) is 11.6 Å². The number of nitrogens with zero attached hydrogens (tertiary/aromatic N) is 6. The number of pyridine rings is 2. The van der Waals surface area contributed by atoms with Gasteiger partial charge < -0.3 is 0 Å². The second-order valence-electron chi connectivity index (χ2n) is 12.1. The van der Waals surface area contributed by atoms with E-state index in [1.165, 1.54) is 0 Å². The highest BCUT2D eigenvalue weighted by Crippen LogP contribution is 2.31. The fraction of sp³-hybridized carbons (Fsp3) is 0. The minimum atomic E-state index is 0.607. The summed E-state index contributed by atoms with van der Waals surface area (Å²) in [5, 5.41) is 2.13. The van der Waals surface area contributed by atoms with Crippen molar-refractivity contribution < 1.29 is 0 Å². The molecule has 5 aromatic carbocycles. The van der Waals surface area contributed by atoms with Crippen LogP contribution in [0.2, 0.25) is 0 Å². The Kier molecular flexibility index (Phi) is 7.37. The average molecular weight is 641 g/mol. The molecule has 6 nitrogen and oxygen atoms in total. The molecule has 0 saturated carbocycles. The van der Waals surface area contributed by atoms with Crippen LogP contribution in [0.15, 0.2) is 170 Å². The molecule has 0 fully saturated rings. The standard InChI is InChI=1S/C44H28N6/c1-3-8-30(9-4-1)41-28-42(50-43(49-41)34-10-5-2-6-11-34)31-14-12-29(13-15-31)35-18-16-32-20-22-37(47-39(32)26-35)36-19-17-33-21-23-38(48-40(33)27-36)44-45-24-7-25-46-44/h1-28H. The van der Waals surface area contributed by atoms with Crippen molar-refractivity contribution in [1.82, 2.24) is 29.9 Å². The third-order valence-electron chi connectivity index (χ3n) is 8.82. The SMILES string of the molecule is c1ccc(-c2cc(-c3ccc(-c4ccc5ccc(-c6ccc7ccc(-c8ncccn8)nc7c6)nc5c4)cc3)nc(-c3ccccc3)n2)cc1. The molecule has 0 amide bonds. The van der Waals surface area contributed by atoms with Crippen LogP contribution < -0.4 is 0 Å². The van der Waals surface area contributed by atoms with E-state index in [9.17, 15) is 0 Å². The minimum absolute atomic E-state index is 0.607. The molecule has 0 spiro atoms. The summed E-state index contributed by atoms with van der Waals surface area (Å²) in [7, 11) is 0. The summed E-state index contributed by atoms with van der Waals surface area (Å²) in [5.41, 5.74) is 11.5. The molecule has 0 radical (unpaired) electrons. The molecular weight excluding hydrogens is 613 g/mol. The van der Waals surface area contributed by atoms with Gasteiger partial charge in [-0.05, 0) is 47.5 Å². The molecule has 0 aliphatic rings. The van der Waals surface area contributed by atoms with Crippen molar-refractivity contribution in [1.29, 1.82) is 0 Å². The molecule has 0 unspecified atom stereocenters. The summed E-state index contributed by atoms with van der Waals surface area (Å²) in [6, 6.07) is 53.7. The van der Waals surface area contributed by atoms with Crippen molar-refractivity contribution in [3.63, 3.8) is 0 Å². The number of fused-ring (bicyclic) bond motifs is 2. The van der Waals surface area contributed by atoms with Crippen molar-refractivity contribution in [2.75, 3.05) is 0 Å². The Bertz CT molecular complexity index is 2570. The van der Waals surface area contributed by atoms with Gasteiger partial charge in [-0.1, -0.05) is 121 Å². The second kappa shape index (κ2) is 12.6. The fourth-order valence-corrected chi connectivity index (χ4v) is 6.19. The molecule has 0 saturated heterocycles. The molecule has 9 aromatic rings. The van der Waals surface area contributed by atoms with Crippen LogP contribution in [0.5, 0.6) is 0 Å². The lowest BCUT2D eigenvalue weighted by Gasteiger charge is -2.10. The lowest BCUT2D eigenvalue weighted by atomic mass is 10.00. The van der Waals surface area contributed by atoms with Gasteiger partial charge >= 0.3 is 0 Å². The van der Waals surface area contributed by atoms with Crippen LogP contribution in [0.1, 0.15) is 0 Å². The summed E-state index contributed by atoms with van der Waals surface area (Å²) in [4.78, 5) is 28.6. The van der Waals surface area contributed by atoms with Gasteiger partial charge in [0.05, 0.1) is 28.1 Å². The summed E-state index contributed by atoms with van der Waals surface area (Å²) < 4.78 is 0. The first kappa shape index (κ1) is 29.2. The zero-order chi connectivity index (χ0) is 33.3. The monoisotopic (exact) mass is 640 g/mol. The van der Waals surface area contributed by atoms with Crippen LogP contribution >= 0.6 is 0 Å². The number of aromatic nitrogens is 6. The zero-order valence-corrected chi connectivity index (χ0v) is 26.8. The molecule has 0 aliphatic heterocycles. The number of rotatable bonds is 6. The highest BCUT2D eigenvalue weighted by molar-refractivity contribution is 5.89.